The van der Waals surface area contributed by atoms with Crippen LogP contribution in [0.1, 0.15) is 11.1 Å². The van der Waals surface area contributed by atoms with Crippen LogP contribution in [0.25, 0.3) is 6.08 Å². The topological polar surface area (TPSA) is 54.5 Å². The smallest absolute Gasteiger partial charge is 0.417 e. The quantitative estimate of drug-likeness (QED) is 0.303. The van der Waals surface area contributed by atoms with E-state index in [9.17, 15) is 18.0 Å². The summed E-state index contributed by atoms with van der Waals surface area (Å²) in [5.74, 6) is 0.646. The first-order chi connectivity index (χ1) is 15.7. The normalized spacial score (nSPS) is 15.3. The van der Waals surface area contributed by atoms with Crippen molar-refractivity contribution in [3.63, 3.8) is 0 Å². The summed E-state index contributed by atoms with van der Waals surface area (Å²) in [7, 11) is 0. The lowest BCUT2D eigenvalue weighted by atomic mass is 10.2. The van der Waals surface area contributed by atoms with Crippen molar-refractivity contribution in [3.8, 4) is 11.5 Å². The fraction of sp³-hybridized carbons (Fsp3) is 0.0455. The first-order valence-corrected chi connectivity index (χ1v) is 10.9. The minimum Gasteiger partial charge on any atom is -0.457 e. The van der Waals surface area contributed by atoms with Crippen molar-refractivity contribution in [2.45, 2.75) is 6.18 Å². The second kappa shape index (κ2) is 9.42. The van der Waals surface area contributed by atoms with Crippen LogP contribution < -0.4 is 10.2 Å². The van der Waals surface area contributed by atoms with Crippen molar-refractivity contribution in [2.24, 2.45) is 0 Å². The van der Waals surface area contributed by atoms with Gasteiger partial charge in [0.05, 0.1) is 15.5 Å². The van der Waals surface area contributed by atoms with E-state index in [1.807, 2.05) is 30.3 Å². The summed E-state index contributed by atoms with van der Waals surface area (Å²) in [4.78, 5) is 16.8. The number of benzene rings is 2. The van der Waals surface area contributed by atoms with E-state index in [1.54, 1.807) is 30.3 Å². The molecule has 1 N–H and O–H groups in total. The number of hydrazine groups is 1. The van der Waals surface area contributed by atoms with Gasteiger partial charge in [-0.15, -0.1) is 0 Å². The first-order valence-electron chi connectivity index (χ1n) is 9.31. The van der Waals surface area contributed by atoms with Crippen molar-refractivity contribution in [1.82, 2.24) is 9.99 Å². The number of para-hydroxylation sites is 1. The summed E-state index contributed by atoms with van der Waals surface area (Å²) in [6, 6.07) is 17.1. The van der Waals surface area contributed by atoms with Crippen molar-refractivity contribution >= 4 is 57.7 Å². The Morgan fingerprint density at radius 3 is 2.52 bits per heavy atom. The van der Waals surface area contributed by atoms with E-state index in [2.05, 4.69) is 10.4 Å². The number of nitrogens with zero attached hydrogens (tertiary/aromatic N) is 2. The fourth-order valence-electron chi connectivity index (χ4n) is 2.79. The van der Waals surface area contributed by atoms with Crippen molar-refractivity contribution in [3.05, 3.63) is 87.9 Å². The number of hydrogen-bond acceptors (Lipinski definition) is 6. The highest BCUT2D eigenvalue weighted by molar-refractivity contribution is 8.26. The third kappa shape index (κ3) is 5.47. The summed E-state index contributed by atoms with van der Waals surface area (Å²) in [6.45, 7) is 0. The second-order valence-corrected chi connectivity index (χ2v) is 8.75. The largest absolute Gasteiger partial charge is 0.457 e. The number of carbonyl (C=O) groups excluding carboxylic acids is 1. The molecule has 1 fully saturated rings. The highest BCUT2D eigenvalue weighted by Gasteiger charge is 2.35. The molecule has 3 aromatic rings. The second-order valence-electron chi connectivity index (χ2n) is 6.67. The Kier molecular flexibility index (Phi) is 6.59. The Bertz CT molecular complexity index is 1250. The lowest BCUT2D eigenvalue weighted by Gasteiger charge is -2.17. The number of nitrogens with one attached hydrogen (secondary N) is 1. The van der Waals surface area contributed by atoms with Gasteiger partial charge >= 0.3 is 6.18 Å². The Balaban J connectivity index is 1.51. The molecule has 33 heavy (non-hydrogen) atoms. The molecule has 0 saturated carbocycles. The van der Waals surface area contributed by atoms with Crippen LogP contribution in [0.15, 0.2) is 71.8 Å². The van der Waals surface area contributed by atoms with Gasteiger partial charge in [0.2, 0.25) is 0 Å². The van der Waals surface area contributed by atoms with Gasteiger partial charge in [-0.05, 0) is 54.2 Å². The summed E-state index contributed by atoms with van der Waals surface area (Å²) in [5.41, 5.74) is 2.30. The van der Waals surface area contributed by atoms with Crippen LogP contribution in [0.5, 0.6) is 11.5 Å². The molecule has 2 aromatic carbocycles. The summed E-state index contributed by atoms with van der Waals surface area (Å²) in [6.07, 6.45) is -2.32. The number of amides is 1. The predicted octanol–water partition coefficient (Wildman–Crippen LogP) is 6.77. The molecule has 1 aliphatic rings. The molecule has 2 heterocycles. The molecule has 1 saturated heterocycles. The number of aromatic nitrogens is 1. The number of hydrogen-bond donors (Lipinski definition) is 1. The van der Waals surface area contributed by atoms with Gasteiger partial charge in [0.1, 0.15) is 11.5 Å². The third-order valence-electron chi connectivity index (χ3n) is 4.31. The van der Waals surface area contributed by atoms with Crippen LogP contribution >= 0.6 is 35.6 Å². The van der Waals surface area contributed by atoms with E-state index in [0.717, 1.165) is 22.8 Å². The molecule has 168 valence electrons. The third-order valence-corrected chi connectivity index (χ3v) is 5.90. The van der Waals surface area contributed by atoms with Crippen LogP contribution in [0.2, 0.25) is 5.02 Å². The zero-order chi connectivity index (χ0) is 23.6. The minimum atomic E-state index is -4.58. The average Bonchev–Trinajstić information content (AvgIpc) is 3.02. The molecule has 5 nitrogen and oxygen atoms in total. The molecule has 0 radical (unpaired) electrons. The molecular weight excluding hydrogens is 495 g/mol. The van der Waals surface area contributed by atoms with E-state index < -0.39 is 17.6 Å². The van der Waals surface area contributed by atoms with Gasteiger partial charge < -0.3 is 4.74 Å². The summed E-state index contributed by atoms with van der Waals surface area (Å²) >= 11 is 12.2. The molecule has 11 heteroatoms. The number of pyridine rings is 1. The number of halogens is 4. The van der Waals surface area contributed by atoms with E-state index in [-0.39, 0.29) is 15.2 Å². The molecule has 1 amide bonds. The number of ether oxygens (including phenoxy) is 1. The Morgan fingerprint density at radius 2 is 1.82 bits per heavy atom. The van der Waals surface area contributed by atoms with Crippen LogP contribution in [0.4, 0.5) is 19.0 Å². The van der Waals surface area contributed by atoms with Gasteiger partial charge in [0.25, 0.3) is 5.91 Å². The monoisotopic (exact) mass is 507 g/mol. The van der Waals surface area contributed by atoms with Gasteiger partial charge in [0, 0.05) is 6.20 Å². The molecule has 0 aliphatic carbocycles. The van der Waals surface area contributed by atoms with Gasteiger partial charge in [-0.25, -0.2) is 4.98 Å². The number of alkyl halides is 3. The number of thioether (sulfide) groups is 1. The van der Waals surface area contributed by atoms with E-state index in [0.29, 0.717) is 28.2 Å². The molecule has 1 aliphatic heterocycles. The number of rotatable bonds is 5. The molecule has 0 spiro atoms. The maximum atomic E-state index is 12.8. The van der Waals surface area contributed by atoms with Crippen molar-refractivity contribution in [1.29, 1.82) is 0 Å². The lowest BCUT2D eigenvalue weighted by molar-refractivity contribution is -0.137. The zero-order valence-corrected chi connectivity index (χ0v) is 18.9. The highest BCUT2D eigenvalue weighted by atomic mass is 35.5. The SMILES string of the molecule is O=C1/C(=C/c2cccc(Oc3ccccc3)c2)SC(=S)N1Nc1ncc(C(F)(F)F)cc1Cl. The summed E-state index contributed by atoms with van der Waals surface area (Å²) in [5, 5.41) is 0.714. The number of anilines is 1. The van der Waals surface area contributed by atoms with E-state index in [4.69, 9.17) is 28.6 Å². The van der Waals surface area contributed by atoms with Gasteiger partial charge in [-0.1, -0.05) is 53.7 Å². The summed E-state index contributed by atoms with van der Waals surface area (Å²) < 4.78 is 44.4. The average molecular weight is 508 g/mol. The maximum Gasteiger partial charge on any atom is 0.417 e. The van der Waals surface area contributed by atoms with Gasteiger partial charge in [0.15, 0.2) is 10.1 Å². The van der Waals surface area contributed by atoms with Crippen LogP contribution in [0.3, 0.4) is 0 Å². The Hall–Kier alpha value is -3.08. The van der Waals surface area contributed by atoms with Gasteiger partial charge in [-0.3, -0.25) is 10.2 Å². The Morgan fingerprint density at radius 1 is 1.09 bits per heavy atom. The molecule has 1 aromatic heterocycles. The zero-order valence-electron chi connectivity index (χ0n) is 16.5. The molecular formula is C22H13ClF3N3O2S2. The molecule has 4 rings (SSSR count). The minimum absolute atomic E-state index is 0.125. The predicted molar refractivity (Wildman–Crippen MR) is 126 cm³/mol. The van der Waals surface area contributed by atoms with E-state index >= 15 is 0 Å². The van der Waals surface area contributed by atoms with Crippen LogP contribution in [-0.4, -0.2) is 20.2 Å². The molecule has 0 bridgehead atoms. The molecule has 0 unspecified atom stereocenters. The van der Waals surface area contributed by atoms with Crippen LogP contribution in [0, 0.1) is 0 Å². The number of carbonyl (C=O) groups is 1. The standard InChI is InChI=1S/C22H13ClF3N3O2S2/c23-17-11-14(22(24,25)26)12-27-19(17)28-29-20(30)18(33-21(29)32)10-13-5-4-8-16(9-13)31-15-6-2-1-3-7-15/h1-12H,(H,27,28)/b18-10-. The van der Waals surface area contributed by atoms with Crippen LogP contribution in [-0.2, 0) is 11.0 Å². The first kappa shape index (κ1) is 23.1. The molecule has 0 atom stereocenters. The van der Waals surface area contributed by atoms with Gasteiger partial charge in [-0.2, -0.15) is 18.2 Å². The Labute approximate surface area is 201 Å². The lowest BCUT2D eigenvalue weighted by Crippen LogP contribution is -2.34. The van der Waals surface area contributed by atoms with E-state index in [1.165, 1.54) is 0 Å². The fourth-order valence-corrected chi connectivity index (χ4v) is 4.18. The van der Waals surface area contributed by atoms with Crippen molar-refractivity contribution in [2.75, 3.05) is 5.43 Å². The highest BCUT2D eigenvalue weighted by Crippen LogP contribution is 2.36. The number of thiocarbonyl (C=S) groups is 1. The van der Waals surface area contributed by atoms with Crippen molar-refractivity contribution < 1.29 is 22.7 Å². The maximum absolute atomic E-state index is 12.8.